The van der Waals surface area contributed by atoms with E-state index in [4.69, 9.17) is 0 Å². The molecule has 0 spiro atoms. The standard InChI is InChI=1S/C10H19N.C2H6/c1-2-8-7-11-10-6-4-3-5-9(8)10;1-2/h8-11H,2-7H2,1H3;1-2H3. The number of hydrogen-bond donors (Lipinski definition) is 1. The highest BCUT2D eigenvalue weighted by Gasteiger charge is 2.35. The molecule has 0 radical (unpaired) electrons. The minimum absolute atomic E-state index is 0.897. The summed E-state index contributed by atoms with van der Waals surface area (Å²) in [6.07, 6.45) is 7.27. The first kappa shape index (κ1) is 11.0. The first-order chi connectivity index (χ1) is 6.42. The molecule has 2 fully saturated rings. The third-order valence-electron chi connectivity index (χ3n) is 3.59. The van der Waals surface area contributed by atoms with Gasteiger partial charge >= 0.3 is 0 Å². The molecule has 0 aromatic rings. The first-order valence-corrected chi connectivity index (χ1v) is 6.15. The van der Waals surface area contributed by atoms with Crippen molar-refractivity contribution in [1.82, 2.24) is 5.32 Å². The van der Waals surface area contributed by atoms with Crippen LogP contribution >= 0.6 is 0 Å². The Morgan fingerprint density at radius 3 is 2.54 bits per heavy atom. The fraction of sp³-hybridized carbons (Fsp3) is 1.00. The van der Waals surface area contributed by atoms with Gasteiger partial charge in [0.1, 0.15) is 0 Å². The highest BCUT2D eigenvalue weighted by atomic mass is 15.0. The highest BCUT2D eigenvalue weighted by Crippen LogP contribution is 2.35. The Morgan fingerprint density at radius 2 is 1.85 bits per heavy atom. The fourth-order valence-electron chi connectivity index (χ4n) is 2.88. The molecule has 3 atom stereocenters. The summed E-state index contributed by atoms with van der Waals surface area (Å²) in [5, 5.41) is 3.66. The van der Waals surface area contributed by atoms with E-state index >= 15 is 0 Å². The number of rotatable bonds is 1. The summed E-state index contributed by atoms with van der Waals surface area (Å²) in [6, 6.07) is 0.897. The lowest BCUT2D eigenvalue weighted by Crippen LogP contribution is -2.30. The van der Waals surface area contributed by atoms with Crippen molar-refractivity contribution in [3.63, 3.8) is 0 Å². The molecule has 78 valence electrons. The van der Waals surface area contributed by atoms with Crippen molar-refractivity contribution >= 4 is 0 Å². The second kappa shape index (κ2) is 5.64. The van der Waals surface area contributed by atoms with E-state index < -0.39 is 0 Å². The van der Waals surface area contributed by atoms with Crippen molar-refractivity contribution in [2.24, 2.45) is 11.8 Å². The first-order valence-electron chi connectivity index (χ1n) is 6.15. The van der Waals surface area contributed by atoms with Crippen molar-refractivity contribution in [3.8, 4) is 0 Å². The molecule has 3 unspecified atom stereocenters. The van der Waals surface area contributed by atoms with Gasteiger partial charge in [0.05, 0.1) is 0 Å². The number of hydrogen-bond acceptors (Lipinski definition) is 1. The Kier molecular flexibility index (Phi) is 4.79. The topological polar surface area (TPSA) is 12.0 Å². The van der Waals surface area contributed by atoms with Gasteiger partial charge in [-0.15, -0.1) is 0 Å². The van der Waals surface area contributed by atoms with Gasteiger partial charge in [-0.2, -0.15) is 0 Å². The van der Waals surface area contributed by atoms with Crippen LogP contribution < -0.4 is 5.32 Å². The SMILES string of the molecule is CC.CCC1CNC2CCCCC12. The van der Waals surface area contributed by atoms with E-state index in [1.54, 1.807) is 0 Å². The molecule has 2 aliphatic rings. The average Bonchev–Trinajstić information content (AvgIpc) is 2.64. The third kappa shape index (κ3) is 2.46. The van der Waals surface area contributed by atoms with Gasteiger partial charge in [0.2, 0.25) is 0 Å². The Bertz CT molecular complexity index is 127. The van der Waals surface area contributed by atoms with Gasteiger partial charge in [0.15, 0.2) is 0 Å². The maximum atomic E-state index is 3.66. The summed E-state index contributed by atoms with van der Waals surface area (Å²) >= 11 is 0. The zero-order valence-corrected chi connectivity index (χ0v) is 9.47. The van der Waals surface area contributed by atoms with Crippen LogP contribution in [-0.4, -0.2) is 12.6 Å². The van der Waals surface area contributed by atoms with E-state index in [9.17, 15) is 0 Å². The summed E-state index contributed by atoms with van der Waals surface area (Å²) in [6.45, 7) is 7.63. The normalized spacial score (nSPS) is 37.6. The van der Waals surface area contributed by atoms with Crippen molar-refractivity contribution < 1.29 is 0 Å². The Balaban J connectivity index is 0.000000396. The van der Waals surface area contributed by atoms with Crippen LogP contribution in [0.4, 0.5) is 0 Å². The maximum Gasteiger partial charge on any atom is 0.00985 e. The van der Waals surface area contributed by atoms with Crippen LogP contribution in [0.1, 0.15) is 52.9 Å². The molecule has 0 aromatic heterocycles. The van der Waals surface area contributed by atoms with E-state index in [0.29, 0.717) is 0 Å². The molecule has 2 rings (SSSR count). The number of nitrogens with one attached hydrogen (secondary N) is 1. The zero-order valence-electron chi connectivity index (χ0n) is 9.47. The van der Waals surface area contributed by atoms with Crippen LogP contribution in [0.2, 0.25) is 0 Å². The van der Waals surface area contributed by atoms with Gasteiger partial charge in [-0.25, -0.2) is 0 Å². The number of fused-ring (bicyclic) bond motifs is 1. The molecular weight excluding hydrogens is 158 g/mol. The van der Waals surface area contributed by atoms with Crippen molar-refractivity contribution in [2.75, 3.05) is 6.54 Å². The lowest BCUT2D eigenvalue weighted by atomic mass is 9.79. The molecule has 1 aliphatic carbocycles. The molecular formula is C12H25N. The molecule has 0 amide bonds. The van der Waals surface area contributed by atoms with E-state index in [0.717, 1.165) is 17.9 Å². The smallest absolute Gasteiger partial charge is 0.00985 e. The van der Waals surface area contributed by atoms with Gasteiger partial charge in [-0.1, -0.05) is 40.0 Å². The summed E-state index contributed by atoms with van der Waals surface area (Å²) in [4.78, 5) is 0. The van der Waals surface area contributed by atoms with E-state index in [-0.39, 0.29) is 0 Å². The average molecular weight is 183 g/mol. The van der Waals surface area contributed by atoms with E-state index in [1.807, 2.05) is 13.8 Å². The van der Waals surface area contributed by atoms with Gasteiger partial charge < -0.3 is 5.32 Å². The van der Waals surface area contributed by atoms with Crippen molar-refractivity contribution in [3.05, 3.63) is 0 Å². The fourth-order valence-corrected chi connectivity index (χ4v) is 2.88. The summed E-state index contributed by atoms with van der Waals surface area (Å²) < 4.78 is 0. The minimum atomic E-state index is 0.897. The van der Waals surface area contributed by atoms with Gasteiger partial charge in [0.25, 0.3) is 0 Å². The molecule has 1 nitrogen and oxygen atoms in total. The monoisotopic (exact) mass is 183 g/mol. The van der Waals surface area contributed by atoms with E-state index in [2.05, 4.69) is 12.2 Å². The van der Waals surface area contributed by atoms with Crippen molar-refractivity contribution in [2.45, 2.75) is 58.9 Å². The Labute approximate surface area is 83.3 Å². The Morgan fingerprint density at radius 1 is 1.15 bits per heavy atom. The van der Waals surface area contributed by atoms with Crippen LogP contribution in [-0.2, 0) is 0 Å². The largest absolute Gasteiger partial charge is 0.313 e. The lowest BCUT2D eigenvalue weighted by molar-refractivity contribution is 0.270. The predicted molar refractivity (Wildman–Crippen MR) is 58.9 cm³/mol. The van der Waals surface area contributed by atoms with Crippen LogP contribution in [0.3, 0.4) is 0 Å². The summed E-state index contributed by atoms with van der Waals surface area (Å²) in [7, 11) is 0. The second-order valence-corrected chi connectivity index (χ2v) is 4.13. The highest BCUT2D eigenvalue weighted by molar-refractivity contribution is 4.91. The molecule has 0 bridgehead atoms. The predicted octanol–water partition coefficient (Wildman–Crippen LogP) is 3.20. The molecule has 1 aliphatic heterocycles. The quantitative estimate of drug-likeness (QED) is 0.658. The molecule has 1 N–H and O–H groups in total. The summed E-state index contributed by atoms with van der Waals surface area (Å²) in [5.74, 6) is 2.04. The second-order valence-electron chi connectivity index (χ2n) is 4.13. The zero-order chi connectivity index (χ0) is 9.68. The van der Waals surface area contributed by atoms with Gasteiger partial charge in [-0.05, 0) is 31.2 Å². The molecule has 0 aromatic carbocycles. The molecule has 1 heterocycles. The van der Waals surface area contributed by atoms with Crippen LogP contribution in [0, 0.1) is 11.8 Å². The van der Waals surface area contributed by atoms with E-state index in [1.165, 1.54) is 38.6 Å². The Hall–Kier alpha value is -0.0400. The van der Waals surface area contributed by atoms with Crippen molar-refractivity contribution in [1.29, 1.82) is 0 Å². The molecule has 13 heavy (non-hydrogen) atoms. The maximum absolute atomic E-state index is 3.66. The lowest BCUT2D eigenvalue weighted by Gasteiger charge is -2.27. The van der Waals surface area contributed by atoms with Gasteiger partial charge in [-0.3, -0.25) is 0 Å². The van der Waals surface area contributed by atoms with Crippen LogP contribution in [0.5, 0.6) is 0 Å². The van der Waals surface area contributed by atoms with Crippen LogP contribution in [0.25, 0.3) is 0 Å². The minimum Gasteiger partial charge on any atom is -0.313 e. The third-order valence-corrected chi connectivity index (χ3v) is 3.59. The van der Waals surface area contributed by atoms with Gasteiger partial charge in [0, 0.05) is 6.04 Å². The molecule has 1 heteroatoms. The molecule has 1 saturated carbocycles. The van der Waals surface area contributed by atoms with Crippen LogP contribution in [0.15, 0.2) is 0 Å². The molecule has 1 saturated heterocycles. The summed E-state index contributed by atoms with van der Waals surface area (Å²) in [5.41, 5.74) is 0.